The number of hydrogen-bond donors (Lipinski definition) is 1. The molecule has 0 unspecified atom stereocenters. The summed E-state index contributed by atoms with van der Waals surface area (Å²) < 4.78 is 5.96. The van der Waals surface area contributed by atoms with E-state index in [4.69, 9.17) is 4.74 Å². The van der Waals surface area contributed by atoms with Crippen molar-refractivity contribution in [1.29, 1.82) is 0 Å². The van der Waals surface area contributed by atoms with Crippen LogP contribution in [0, 0.1) is 10.1 Å². The number of esters is 1. The van der Waals surface area contributed by atoms with Crippen molar-refractivity contribution in [2.45, 2.75) is 19.8 Å². The first-order chi connectivity index (χ1) is 9.47. The fourth-order valence-corrected chi connectivity index (χ4v) is 1.67. The first kappa shape index (κ1) is 15.7. The Labute approximate surface area is 115 Å². The fraction of sp³-hybridized carbons (Fsp3) is 0.500. The quantitative estimate of drug-likeness (QED) is 0.348. The van der Waals surface area contributed by atoms with Crippen molar-refractivity contribution in [3.63, 3.8) is 0 Å². The van der Waals surface area contributed by atoms with Crippen molar-refractivity contribution in [2.24, 2.45) is 7.05 Å². The molecule has 0 aromatic carbocycles. The number of nitro groups is 1. The van der Waals surface area contributed by atoms with E-state index in [-0.39, 0.29) is 23.9 Å². The monoisotopic (exact) mass is 283 g/mol. The normalized spacial score (nSPS) is 10.1. The average molecular weight is 283 g/mol. The third kappa shape index (κ3) is 4.08. The summed E-state index contributed by atoms with van der Waals surface area (Å²) in [7, 11) is 1.45. The van der Waals surface area contributed by atoms with Crippen molar-refractivity contribution in [3.05, 3.63) is 27.9 Å². The van der Waals surface area contributed by atoms with Crippen LogP contribution in [0.4, 0.5) is 5.82 Å². The molecule has 1 aromatic heterocycles. The third-order valence-corrected chi connectivity index (χ3v) is 2.66. The van der Waals surface area contributed by atoms with Gasteiger partial charge in [0.2, 0.25) is 0 Å². The van der Waals surface area contributed by atoms with Crippen LogP contribution in [0.3, 0.4) is 0 Å². The molecule has 1 rings (SSSR count). The fourth-order valence-electron chi connectivity index (χ4n) is 1.67. The van der Waals surface area contributed by atoms with Crippen LogP contribution in [-0.2, 0) is 16.6 Å². The smallest absolute Gasteiger partial charge is 0.323 e. The highest BCUT2D eigenvalue weighted by Gasteiger charge is 2.20. The zero-order valence-corrected chi connectivity index (χ0v) is 11.4. The van der Waals surface area contributed by atoms with E-state index in [0.717, 1.165) is 0 Å². The van der Waals surface area contributed by atoms with Crippen molar-refractivity contribution in [3.8, 4) is 0 Å². The van der Waals surface area contributed by atoms with Gasteiger partial charge in [0.05, 0.1) is 13.7 Å². The second-order valence-electron chi connectivity index (χ2n) is 4.06. The SMILES string of the molecule is CCOC(=O)CCCNC(=O)c1ccc([N+](=O)[O-])n1C. The van der Waals surface area contributed by atoms with E-state index < -0.39 is 10.8 Å². The van der Waals surface area contributed by atoms with E-state index >= 15 is 0 Å². The van der Waals surface area contributed by atoms with Gasteiger partial charge >= 0.3 is 11.8 Å². The molecule has 1 amide bonds. The molecule has 1 heterocycles. The molecule has 0 radical (unpaired) electrons. The van der Waals surface area contributed by atoms with Crippen LogP contribution in [0.5, 0.6) is 0 Å². The van der Waals surface area contributed by atoms with E-state index in [0.29, 0.717) is 19.6 Å². The molecular formula is C12H17N3O5. The van der Waals surface area contributed by atoms with Gasteiger partial charge in [-0.25, -0.2) is 4.57 Å². The molecule has 20 heavy (non-hydrogen) atoms. The Bertz CT molecular complexity index is 509. The Morgan fingerprint density at radius 3 is 2.70 bits per heavy atom. The zero-order chi connectivity index (χ0) is 15.1. The van der Waals surface area contributed by atoms with Crippen LogP contribution in [0.1, 0.15) is 30.3 Å². The summed E-state index contributed by atoms with van der Waals surface area (Å²) >= 11 is 0. The molecule has 110 valence electrons. The number of amides is 1. The van der Waals surface area contributed by atoms with Crippen LogP contribution in [0.2, 0.25) is 0 Å². The van der Waals surface area contributed by atoms with Crippen molar-refractivity contribution < 1.29 is 19.2 Å². The number of ether oxygens (including phenoxy) is 1. The number of aromatic nitrogens is 1. The standard InChI is InChI=1S/C12H17N3O5/c1-3-20-11(16)5-4-8-13-12(17)9-6-7-10(14(9)2)15(18)19/h6-7H,3-5,8H2,1-2H3,(H,13,17). The van der Waals surface area contributed by atoms with Crippen molar-refractivity contribution >= 4 is 17.7 Å². The maximum atomic E-state index is 11.8. The Morgan fingerprint density at radius 1 is 1.45 bits per heavy atom. The Morgan fingerprint density at radius 2 is 2.15 bits per heavy atom. The molecule has 0 fully saturated rings. The van der Waals surface area contributed by atoms with Crippen molar-refractivity contribution in [2.75, 3.05) is 13.2 Å². The summed E-state index contributed by atoms with van der Waals surface area (Å²) in [5, 5.41) is 13.3. The maximum Gasteiger partial charge on any atom is 0.323 e. The predicted octanol–water partition coefficient (Wildman–Crippen LogP) is 1.01. The van der Waals surface area contributed by atoms with Crippen LogP contribution in [0.25, 0.3) is 0 Å². The molecule has 8 heteroatoms. The third-order valence-electron chi connectivity index (χ3n) is 2.66. The molecule has 8 nitrogen and oxygen atoms in total. The van der Waals surface area contributed by atoms with Gasteiger partial charge in [-0.1, -0.05) is 0 Å². The van der Waals surface area contributed by atoms with Gasteiger partial charge in [0.1, 0.15) is 0 Å². The second kappa shape index (κ2) is 7.27. The molecule has 0 bridgehead atoms. The van der Waals surface area contributed by atoms with Gasteiger partial charge in [-0.15, -0.1) is 0 Å². The van der Waals surface area contributed by atoms with Crippen LogP contribution >= 0.6 is 0 Å². The minimum Gasteiger partial charge on any atom is -0.466 e. The van der Waals surface area contributed by atoms with E-state index in [1.807, 2.05) is 0 Å². The largest absolute Gasteiger partial charge is 0.466 e. The first-order valence-electron chi connectivity index (χ1n) is 6.21. The number of carbonyl (C=O) groups is 2. The molecule has 0 aliphatic carbocycles. The van der Waals surface area contributed by atoms with Crippen LogP contribution in [0.15, 0.2) is 12.1 Å². The number of carbonyl (C=O) groups excluding carboxylic acids is 2. The average Bonchev–Trinajstić information content (AvgIpc) is 2.77. The van der Waals surface area contributed by atoms with Gasteiger partial charge in [-0.05, 0) is 24.3 Å². The van der Waals surface area contributed by atoms with Gasteiger partial charge in [0.25, 0.3) is 5.91 Å². The summed E-state index contributed by atoms with van der Waals surface area (Å²) in [6.45, 7) is 2.36. The minimum absolute atomic E-state index is 0.151. The lowest BCUT2D eigenvalue weighted by Crippen LogP contribution is -2.27. The van der Waals surface area contributed by atoms with Crippen LogP contribution in [-0.4, -0.2) is 34.5 Å². The maximum absolute atomic E-state index is 11.8. The molecule has 0 saturated carbocycles. The number of rotatable bonds is 7. The first-order valence-corrected chi connectivity index (χ1v) is 6.21. The number of nitrogens with zero attached hydrogens (tertiary/aromatic N) is 2. The lowest BCUT2D eigenvalue weighted by molar-refractivity contribution is -0.391. The predicted molar refractivity (Wildman–Crippen MR) is 70.3 cm³/mol. The highest BCUT2D eigenvalue weighted by molar-refractivity contribution is 5.93. The Hall–Kier alpha value is -2.38. The van der Waals surface area contributed by atoms with Gasteiger partial charge in [-0.2, -0.15) is 0 Å². The van der Waals surface area contributed by atoms with E-state index in [2.05, 4.69) is 5.32 Å². The molecule has 0 aliphatic rings. The number of hydrogen-bond acceptors (Lipinski definition) is 5. The molecule has 1 N–H and O–H groups in total. The molecule has 0 spiro atoms. The lowest BCUT2D eigenvalue weighted by atomic mass is 10.3. The molecule has 0 atom stereocenters. The highest BCUT2D eigenvalue weighted by Crippen LogP contribution is 2.14. The second-order valence-corrected chi connectivity index (χ2v) is 4.06. The van der Waals surface area contributed by atoms with E-state index in [1.54, 1.807) is 6.92 Å². The summed E-state index contributed by atoms with van der Waals surface area (Å²) in [6, 6.07) is 2.66. The molecule has 1 aromatic rings. The molecule has 0 aliphatic heterocycles. The van der Waals surface area contributed by atoms with E-state index in [9.17, 15) is 19.7 Å². The van der Waals surface area contributed by atoms with Gasteiger partial charge in [-0.3, -0.25) is 9.59 Å². The number of nitrogens with one attached hydrogen (secondary N) is 1. The summed E-state index contributed by atoms with van der Waals surface area (Å²) in [6.07, 6.45) is 0.679. The Kier molecular flexibility index (Phi) is 5.70. The Balaban J connectivity index is 2.44. The summed E-state index contributed by atoms with van der Waals surface area (Å²) in [4.78, 5) is 33.0. The topological polar surface area (TPSA) is 103 Å². The molecular weight excluding hydrogens is 266 g/mol. The summed E-state index contributed by atoms with van der Waals surface area (Å²) in [5.41, 5.74) is 0.202. The minimum atomic E-state index is -0.558. The molecule has 0 saturated heterocycles. The highest BCUT2D eigenvalue weighted by atomic mass is 16.6. The zero-order valence-electron chi connectivity index (χ0n) is 11.4. The van der Waals surface area contributed by atoms with Crippen molar-refractivity contribution in [1.82, 2.24) is 9.88 Å². The van der Waals surface area contributed by atoms with Gasteiger partial charge in [0, 0.05) is 19.0 Å². The van der Waals surface area contributed by atoms with E-state index in [1.165, 1.54) is 23.7 Å². The van der Waals surface area contributed by atoms with Crippen LogP contribution < -0.4 is 5.32 Å². The summed E-state index contributed by atoms with van der Waals surface area (Å²) in [5.74, 6) is -0.873. The van der Waals surface area contributed by atoms with Gasteiger partial charge in [0.15, 0.2) is 5.69 Å². The van der Waals surface area contributed by atoms with Gasteiger partial charge < -0.3 is 20.2 Å². The lowest BCUT2D eigenvalue weighted by Gasteiger charge is -2.04.